The van der Waals surface area contributed by atoms with Crippen molar-refractivity contribution in [2.45, 2.75) is 10.4 Å². The fourth-order valence-corrected chi connectivity index (χ4v) is 3.64. The van der Waals surface area contributed by atoms with Gasteiger partial charge in [-0.1, -0.05) is 6.07 Å². The van der Waals surface area contributed by atoms with Crippen molar-refractivity contribution in [3.8, 4) is 11.3 Å². The molecule has 0 radical (unpaired) electrons. The SMILES string of the molecule is Nc1nc(Nc2cccc(S(=O)(=O)C(F)(F)F)c2)ncc1-c1n[nH]c2ccc(F)cc12. The monoisotopic (exact) mass is 452 g/mol. The minimum Gasteiger partial charge on any atom is -0.383 e. The number of nitrogens with two attached hydrogens (primary N) is 1. The molecule has 0 aliphatic rings. The number of fused-ring (bicyclic) bond motifs is 1. The van der Waals surface area contributed by atoms with Crippen LogP contribution in [0.3, 0.4) is 0 Å². The Morgan fingerprint density at radius 1 is 1.10 bits per heavy atom. The highest BCUT2D eigenvalue weighted by atomic mass is 32.2. The van der Waals surface area contributed by atoms with Gasteiger partial charge in [0.2, 0.25) is 5.95 Å². The summed E-state index contributed by atoms with van der Waals surface area (Å²) in [7, 11) is -5.51. The molecule has 2 heterocycles. The first-order valence-electron chi connectivity index (χ1n) is 8.51. The first-order valence-corrected chi connectivity index (χ1v) is 9.99. The van der Waals surface area contributed by atoms with Crippen molar-refractivity contribution in [2.75, 3.05) is 11.1 Å². The van der Waals surface area contributed by atoms with E-state index in [2.05, 4.69) is 25.5 Å². The van der Waals surface area contributed by atoms with Gasteiger partial charge in [0.25, 0.3) is 9.84 Å². The summed E-state index contributed by atoms with van der Waals surface area (Å²) in [5, 5.41) is 9.90. The third-order valence-electron chi connectivity index (χ3n) is 4.30. The second kappa shape index (κ2) is 7.19. The van der Waals surface area contributed by atoms with Crippen molar-refractivity contribution in [3.63, 3.8) is 0 Å². The van der Waals surface area contributed by atoms with E-state index >= 15 is 0 Å². The lowest BCUT2D eigenvalue weighted by Crippen LogP contribution is -2.23. The molecule has 4 rings (SSSR count). The lowest BCUT2D eigenvalue weighted by molar-refractivity contribution is -0.0435. The van der Waals surface area contributed by atoms with Gasteiger partial charge in [0.1, 0.15) is 17.3 Å². The molecule has 0 amide bonds. The topological polar surface area (TPSA) is 127 Å². The van der Waals surface area contributed by atoms with Gasteiger partial charge in [-0.25, -0.2) is 17.8 Å². The predicted octanol–water partition coefficient (Wildman–Crippen LogP) is 3.78. The van der Waals surface area contributed by atoms with E-state index in [1.54, 1.807) is 0 Å². The number of nitrogens with one attached hydrogen (secondary N) is 2. The van der Waals surface area contributed by atoms with Gasteiger partial charge < -0.3 is 11.1 Å². The van der Waals surface area contributed by atoms with E-state index in [0.29, 0.717) is 22.2 Å². The number of aromatic amines is 1. The summed E-state index contributed by atoms with van der Waals surface area (Å²) < 4.78 is 75.0. The molecule has 0 atom stereocenters. The van der Waals surface area contributed by atoms with Crippen molar-refractivity contribution in [3.05, 3.63) is 54.5 Å². The number of anilines is 3. The van der Waals surface area contributed by atoms with Crippen LogP contribution in [0.15, 0.2) is 53.6 Å². The average Bonchev–Trinajstić information content (AvgIpc) is 3.10. The fourth-order valence-electron chi connectivity index (χ4n) is 2.83. The zero-order valence-electron chi connectivity index (χ0n) is 15.3. The quantitative estimate of drug-likeness (QED) is 0.402. The standard InChI is InChI=1S/C18H12F4N6O2S/c19-9-4-5-14-12(6-9)15(28-27-14)13-8-24-17(26-16(13)23)25-10-2-1-3-11(7-10)31(29,30)18(20,21)22/h1-8H,(H,27,28)(H3,23,24,25,26). The zero-order valence-corrected chi connectivity index (χ0v) is 16.1. The Balaban J connectivity index is 1.65. The molecule has 13 heteroatoms. The van der Waals surface area contributed by atoms with Crippen LogP contribution in [0, 0.1) is 5.82 Å². The Morgan fingerprint density at radius 3 is 2.58 bits per heavy atom. The number of hydrogen-bond donors (Lipinski definition) is 3. The van der Waals surface area contributed by atoms with Gasteiger partial charge in [0.05, 0.1) is 16.0 Å². The molecule has 2 aromatic heterocycles. The molecule has 0 saturated carbocycles. The molecule has 4 aromatic rings. The van der Waals surface area contributed by atoms with Crippen LogP contribution in [0.2, 0.25) is 0 Å². The van der Waals surface area contributed by atoms with E-state index in [1.165, 1.54) is 30.5 Å². The second-order valence-electron chi connectivity index (χ2n) is 6.36. The first kappa shape index (κ1) is 20.5. The molecular weight excluding hydrogens is 440 g/mol. The van der Waals surface area contributed by atoms with Crippen LogP contribution in [0.1, 0.15) is 0 Å². The molecule has 0 aliphatic carbocycles. The van der Waals surface area contributed by atoms with Crippen LogP contribution in [0.4, 0.5) is 35.0 Å². The van der Waals surface area contributed by atoms with Crippen molar-refractivity contribution < 1.29 is 26.0 Å². The summed E-state index contributed by atoms with van der Waals surface area (Å²) in [6.45, 7) is 0. The Morgan fingerprint density at radius 2 is 1.87 bits per heavy atom. The van der Waals surface area contributed by atoms with Crippen molar-refractivity contribution >= 4 is 38.2 Å². The molecule has 31 heavy (non-hydrogen) atoms. The molecule has 0 fully saturated rings. The van der Waals surface area contributed by atoms with E-state index in [4.69, 9.17) is 5.73 Å². The molecule has 8 nitrogen and oxygen atoms in total. The van der Waals surface area contributed by atoms with E-state index in [9.17, 15) is 26.0 Å². The number of H-pyrrole nitrogens is 1. The minimum atomic E-state index is -5.51. The Hall–Kier alpha value is -3.74. The summed E-state index contributed by atoms with van der Waals surface area (Å²) in [4.78, 5) is 7.14. The maximum atomic E-state index is 13.6. The Labute approximate surface area is 172 Å². The van der Waals surface area contributed by atoms with E-state index < -0.39 is 26.1 Å². The van der Waals surface area contributed by atoms with Crippen LogP contribution < -0.4 is 11.1 Å². The molecule has 160 valence electrons. The largest absolute Gasteiger partial charge is 0.501 e. The number of nitrogen functional groups attached to an aromatic ring is 1. The van der Waals surface area contributed by atoms with Crippen molar-refractivity contribution in [1.29, 1.82) is 0 Å². The summed E-state index contributed by atoms with van der Waals surface area (Å²) in [5.74, 6) is -0.593. The summed E-state index contributed by atoms with van der Waals surface area (Å²) in [5.41, 5.74) is 1.73. The van der Waals surface area contributed by atoms with Gasteiger partial charge in [-0.15, -0.1) is 0 Å². The molecule has 0 aliphatic heterocycles. The fraction of sp³-hybridized carbons (Fsp3) is 0.0556. The van der Waals surface area contributed by atoms with Crippen LogP contribution in [-0.4, -0.2) is 34.1 Å². The van der Waals surface area contributed by atoms with Gasteiger partial charge in [-0.3, -0.25) is 5.10 Å². The van der Waals surface area contributed by atoms with Gasteiger partial charge in [0.15, 0.2) is 0 Å². The molecule has 2 aromatic carbocycles. The summed E-state index contributed by atoms with van der Waals surface area (Å²) >= 11 is 0. The highest BCUT2D eigenvalue weighted by molar-refractivity contribution is 7.92. The van der Waals surface area contributed by atoms with E-state index in [1.807, 2.05) is 0 Å². The summed E-state index contributed by atoms with van der Waals surface area (Å²) in [6.07, 6.45) is 1.31. The van der Waals surface area contributed by atoms with Crippen molar-refractivity contribution in [2.24, 2.45) is 0 Å². The third-order valence-corrected chi connectivity index (χ3v) is 5.79. The van der Waals surface area contributed by atoms with Crippen LogP contribution in [-0.2, 0) is 9.84 Å². The molecule has 0 spiro atoms. The maximum Gasteiger partial charge on any atom is 0.501 e. The predicted molar refractivity (Wildman–Crippen MR) is 104 cm³/mol. The zero-order chi connectivity index (χ0) is 22.4. The highest BCUT2D eigenvalue weighted by Gasteiger charge is 2.46. The number of alkyl halides is 3. The normalized spacial score (nSPS) is 12.3. The lowest BCUT2D eigenvalue weighted by Gasteiger charge is -2.11. The first-order chi connectivity index (χ1) is 14.6. The molecule has 0 saturated heterocycles. The van der Waals surface area contributed by atoms with Gasteiger partial charge in [-0.2, -0.15) is 23.3 Å². The smallest absolute Gasteiger partial charge is 0.383 e. The number of sulfone groups is 1. The number of aromatic nitrogens is 4. The number of rotatable bonds is 4. The van der Waals surface area contributed by atoms with Gasteiger partial charge >= 0.3 is 5.51 Å². The van der Waals surface area contributed by atoms with Gasteiger partial charge in [-0.05, 0) is 36.4 Å². The lowest BCUT2D eigenvalue weighted by atomic mass is 10.1. The molecule has 0 unspecified atom stereocenters. The average molecular weight is 452 g/mol. The second-order valence-corrected chi connectivity index (χ2v) is 8.30. The summed E-state index contributed by atoms with van der Waals surface area (Å²) in [6, 6.07) is 8.16. The number of nitrogens with zero attached hydrogens (tertiary/aromatic N) is 3. The number of hydrogen-bond acceptors (Lipinski definition) is 7. The van der Waals surface area contributed by atoms with E-state index in [0.717, 1.165) is 18.2 Å². The van der Waals surface area contributed by atoms with Crippen LogP contribution in [0.25, 0.3) is 22.2 Å². The Kier molecular flexibility index (Phi) is 4.76. The molecule has 0 bridgehead atoms. The maximum absolute atomic E-state index is 13.6. The molecule has 4 N–H and O–H groups in total. The van der Waals surface area contributed by atoms with Crippen molar-refractivity contribution in [1.82, 2.24) is 20.2 Å². The Bertz CT molecular complexity index is 1400. The molecular formula is C18H12F4N6O2S. The number of halogens is 4. The third kappa shape index (κ3) is 3.74. The van der Waals surface area contributed by atoms with Crippen LogP contribution in [0.5, 0.6) is 0 Å². The minimum absolute atomic E-state index is 0.00441. The van der Waals surface area contributed by atoms with E-state index in [-0.39, 0.29) is 17.5 Å². The van der Waals surface area contributed by atoms with Gasteiger partial charge in [0, 0.05) is 17.3 Å². The number of benzene rings is 2. The highest BCUT2D eigenvalue weighted by Crippen LogP contribution is 2.33. The van der Waals surface area contributed by atoms with Crippen LogP contribution >= 0.6 is 0 Å².